The quantitative estimate of drug-likeness (QED) is 0.535. The Morgan fingerprint density at radius 2 is 2.23 bits per heavy atom. The molecule has 1 aromatic rings. The van der Waals surface area contributed by atoms with Gasteiger partial charge < -0.3 is 0 Å². The molecule has 0 radical (unpaired) electrons. The average Bonchev–Trinajstić information content (AvgIpc) is 2.16. The van der Waals surface area contributed by atoms with Gasteiger partial charge in [-0.15, -0.1) is 11.6 Å². The van der Waals surface area contributed by atoms with E-state index in [4.69, 9.17) is 11.6 Å². The van der Waals surface area contributed by atoms with Crippen LogP contribution in [0.4, 0.5) is 0 Å². The molecule has 0 atom stereocenters. The zero-order chi connectivity index (χ0) is 9.68. The molecule has 1 nitrogen and oxygen atoms in total. The first-order valence-electron chi connectivity index (χ1n) is 4.38. The van der Waals surface area contributed by atoms with Gasteiger partial charge in [0.1, 0.15) is 6.29 Å². The van der Waals surface area contributed by atoms with Gasteiger partial charge in [-0.1, -0.05) is 12.1 Å². The summed E-state index contributed by atoms with van der Waals surface area (Å²) in [5, 5.41) is 0. The van der Waals surface area contributed by atoms with Crippen LogP contribution in [0.2, 0.25) is 0 Å². The van der Waals surface area contributed by atoms with E-state index >= 15 is 0 Å². The second-order valence-electron chi connectivity index (χ2n) is 3.10. The number of rotatable bonds is 4. The minimum atomic E-state index is 0.689. The highest BCUT2D eigenvalue weighted by molar-refractivity contribution is 6.17. The van der Waals surface area contributed by atoms with E-state index in [1.807, 2.05) is 25.1 Å². The predicted octanol–water partition coefficient (Wildman–Crippen LogP) is 2.98. The molecular formula is C11H13ClO. The van der Waals surface area contributed by atoms with Gasteiger partial charge in [0, 0.05) is 11.4 Å². The van der Waals surface area contributed by atoms with Crippen LogP contribution in [-0.2, 0) is 6.42 Å². The Morgan fingerprint density at radius 1 is 1.46 bits per heavy atom. The summed E-state index contributed by atoms with van der Waals surface area (Å²) in [4.78, 5) is 10.5. The Balaban J connectivity index is 2.79. The van der Waals surface area contributed by atoms with E-state index in [2.05, 4.69) is 0 Å². The molecule has 0 saturated carbocycles. The van der Waals surface area contributed by atoms with Crippen LogP contribution in [0.15, 0.2) is 18.2 Å². The average molecular weight is 197 g/mol. The second-order valence-corrected chi connectivity index (χ2v) is 3.47. The van der Waals surface area contributed by atoms with Crippen LogP contribution in [0.5, 0.6) is 0 Å². The normalized spacial score (nSPS) is 10.0. The van der Waals surface area contributed by atoms with Gasteiger partial charge in [-0.25, -0.2) is 0 Å². The summed E-state index contributed by atoms with van der Waals surface area (Å²) >= 11 is 5.61. The van der Waals surface area contributed by atoms with Crippen LogP contribution >= 0.6 is 11.6 Å². The van der Waals surface area contributed by atoms with Gasteiger partial charge in [-0.3, -0.25) is 4.79 Å². The standard InChI is InChI=1S/C11H13ClO/c1-9-7-10(8-13)4-5-11(9)3-2-6-12/h4-5,7-8H,2-3,6H2,1H3. The van der Waals surface area contributed by atoms with E-state index < -0.39 is 0 Å². The molecule has 0 N–H and O–H groups in total. The van der Waals surface area contributed by atoms with E-state index in [0.29, 0.717) is 5.88 Å². The minimum Gasteiger partial charge on any atom is -0.298 e. The fourth-order valence-electron chi connectivity index (χ4n) is 1.33. The molecule has 1 aromatic carbocycles. The SMILES string of the molecule is Cc1cc(C=O)ccc1CCCCl. The number of alkyl halides is 1. The summed E-state index contributed by atoms with van der Waals surface area (Å²) in [7, 11) is 0. The summed E-state index contributed by atoms with van der Waals surface area (Å²) < 4.78 is 0. The molecule has 0 heterocycles. The summed E-state index contributed by atoms with van der Waals surface area (Å²) in [5.74, 6) is 0.689. The molecule has 0 bridgehead atoms. The smallest absolute Gasteiger partial charge is 0.150 e. The molecular weight excluding hydrogens is 184 g/mol. The Labute approximate surface area is 83.7 Å². The lowest BCUT2D eigenvalue weighted by Gasteiger charge is -2.04. The van der Waals surface area contributed by atoms with Gasteiger partial charge in [0.2, 0.25) is 0 Å². The topological polar surface area (TPSA) is 17.1 Å². The molecule has 2 heteroatoms. The summed E-state index contributed by atoms with van der Waals surface area (Å²) in [5.41, 5.74) is 3.20. The molecule has 70 valence electrons. The van der Waals surface area contributed by atoms with E-state index in [0.717, 1.165) is 24.7 Å². The number of hydrogen-bond acceptors (Lipinski definition) is 1. The fourth-order valence-corrected chi connectivity index (χ4v) is 1.46. The van der Waals surface area contributed by atoms with E-state index in [9.17, 15) is 4.79 Å². The van der Waals surface area contributed by atoms with Crippen LogP contribution in [0, 0.1) is 6.92 Å². The molecule has 0 unspecified atom stereocenters. The van der Waals surface area contributed by atoms with Gasteiger partial charge in [0.25, 0.3) is 0 Å². The third-order valence-corrected chi connectivity index (χ3v) is 2.35. The van der Waals surface area contributed by atoms with E-state index in [1.165, 1.54) is 11.1 Å². The van der Waals surface area contributed by atoms with Crippen LogP contribution in [0.25, 0.3) is 0 Å². The molecule has 0 saturated heterocycles. The van der Waals surface area contributed by atoms with Crippen molar-refractivity contribution in [1.82, 2.24) is 0 Å². The van der Waals surface area contributed by atoms with Crippen molar-refractivity contribution in [2.24, 2.45) is 0 Å². The van der Waals surface area contributed by atoms with Gasteiger partial charge in [-0.05, 0) is 37.0 Å². The van der Waals surface area contributed by atoms with Gasteiger partial charge >= 0.3 is 0 Å². The lowest BCUT2D eigenvalue weighted by molar-refractivity contribution is 0.112. The van der Waals surface area contributed by atoms with Gasteiger partial charge in [-0.2, -0.15) is 0 Å². The van der Waals surface area contributed by atoms with Crippen molar-refractivity contribution in [3.05, 3.63) is 34.9 Å². The highest BCUT2D eigenvalue weighted by Gasteiger charge is 1.98. The first-order chi connectivity index (χ1) is 6.27. The van der Waals surface area contributed by atoms with Gasteiger partial charge in [0.05, 0.1) is 0 Å². The van der Waals surface area contributed by atoms with Gasteiger partial charge in [0.15, 0.2) is 0 Å². The molecule has 0 aliphatic rings. The number of aryl methyl sites for hydroxylation is 2. The summed E-state index contributed by atoms with van der Waals surface area (Å²) in [6, 6.07) is 5.77. The number of hydrogen-bond donors (Lipinski definition) is 0. The van der Waals surface area contributed by atoms with Crippen molar-refractivity contribution in [2.75, 3.05) is 5.88 Å². The van der Waals surface area contributed by atoms with Crippen LogP contribution in [0.1, 0.15) is 27.9 Å². The maximum absolute atomic E-state index is 10.5. The molecule has 0 aromatic heterocycles. The highest BCUT2D eigenvalue weighted by Crippen LogP contribution is 2.12. The number of halogens is 1. The molecule has 0 amide bonds. The van der Waals surface area contributed by atoms with Crippen molar-refractivity contribution in [3.8, 4) is 0 Å². The molecule has 0 spiro atoms. The monoisotopic (exact) mass is 196 g/mol. The molecule has 0 aliphatic heterocycles. The highest BCUT2D eigenvalue weighted by atomic mass is 35.5. The number of benzene rings is 1. The Hall–Kier alpha value is -0.820. The minimum absolute atomic E-state index is 0.689. The number of aldehydes is 1. The number of carbonyl (C=O) groups is 1. The summed E-state index contributed by atoms with van der Waals surface area (Å²) in [6.45, 7) is 2.02. The maximum Gasteiger partial charge on any atom is 0.150 e. The molecule has 13 heavy (non-hydrogen) atoms. The first-order valence-corrected chi connectivity index (χ1v) is 4.92. The molecule has 1 rings (SSSR count). The molecule has 0 fully saturated rings. The van der Waals surface area contributed by atoms with Crippen molar-refractivity contribution < 1.29 is 4.79 Å². The van der Waals surface area contributed by atoms with Crippen LogP contribution in [0.3, 0.4) is 0 Å². The van der Waals surface area contributed by atoms with Crippen molar-refractivity contribution in [3.63, 3.8) is 0 Å². The first kappa shape index (κ1) is 10.3. The predicted molar refractivity (Wildman–Crippen MR) is 55.6 cm³/mol. The van der Waals surface area contributed by atoms with E-state index in [1.54, 1.807) is 0 Å². The zero-order valence-electron chi connectivity index (χ0n) is 7.72. The zero-order valence-corrected chi connectivity index (χ0v) is 8.47. The van der Waals surface area contributed by atoms with Crippen LogP contribution in [-0.4, -0.2) is 12.2 Å². The summed E-state index contributed by atoms with van der Waals surface area (Å²) in [6.07, 6.45) is 2.86. The lowest BCUT2D eigenvalue weighted by Crippen LogP contribution is -1.92. The van der Waals surface area contributed by atoms with Crippen molar-refractivity contribution >= 4 is 17.9 Å². The third-order valence-electron chi connectivity index (χ3n) is 2.08. The number of carbonyl (C=O) groups excluding carboxylic acids is 1. The Kier molecular flexibility index (Phi) is 3.97. The Bertz CT molecular complexity index is 294. The van der Waals surface area contributed by atoms with Crippen LogP contribution < -0.4 is 0 Å². The van der Waals surface area contributed by atoms with E-state index in [-0.39, 0.29) is 0 Å². The fraction of sp³-hybridized carbons (Fsp3) is 0.364. The largest absolute Gasteiger partial charge is 0.298 e. The second kappa shape index (κ2) is 5.03. The third kappa shape index (κ3) is 2.85. The lowest BCUT2D eigenvalue weighted by atomic mass is 10.0. The maximum atomic E-state index is 10.5. The van der Waals surface area contributed by atoms with Crippen molar-refractivity contribution in [2.45, 2.75) is 19.8 Å². The Morgan fingerprint density at radius 3 is 2.77 bits per heavy atom. The molecule has 0 aliphatic carbocycles. The van der Waals surface area contributed by atoms with Crippen molar-refractivity contribution in [1.29, 1.82) is 0 Å².